The van der Waals surface area contributed by atoms with Crippen molar-refractivity contribution in [1.29, 1.82) is 5.26 Å². The maximum absolute atomic E-state index is 14.4. The summed E-state index contributed by atoms with van der Waals surface area (Å²) < 4.78 is 12.4. The van der Waals surface area contributed by atoms with Crippen molar-refractivity contribution in [2.45, 2.75) is 64.1 Å². The molecule has 0 aromatic heterocycles. The molecule has 0 bridgehead atoms. The molecular formula is C51H44Cl2N4O6. The highest BCUT2D eigenvalue weighted by Gasteiger charge is 2.38. The molecule has 2 aliphatic heterocycles. The Morgan fingerprint density at radius 2 is 1.56 bits per heavy atom. The first kappa shape index (κ1) is 43.0. The van der Waals surface area contributed by atoms with Gasteiger partial charge in [-0.05, 0) is 106 Å². The molecule has 1 unspecified atom stereocenters. The minimum Gasteiger partial charge on any atom is -0.489 e. The van der Waals surface area contributed by atoms with Gasteiger partial charge in [0, 0.05) is 32.1 Å². The number of likely N-dealkylation sites (N-methyl/N-ethyl adjacent to an activating group) is 1. The zero-order valence-electron chi connectivity index (χ0n) is 34.7. The zero-order chi connectivity index (χ0) is 44.2. The first-order chi connectivity index (χ1) is 30.5. The molecule has 0 spiro atoms. The van der Waals surface area contributed by atoms with Gasteiger partial charge in [-0.2, -0.15) is 5.26 Å². The van der Waals surface area contributed by atoms with Crippen LogP contribution >= 0.6 is 23.2 Å². The number of hydrogen-bond donors (Lipinski definition) is 2. The summed E-state index contributed by atoms with van der Waals surface area (Å²) in [6.07, 6.45) is 0.309. The fraction of sp³-hybridized carbons (Fsp3) is 0.216. The minimum absolute atomic E-state index is 0.0874. The van der Waals surface area contributed by atoms with Gasteiger partial charge in [-0.25, -0.2) is 4.79 Å². The summed E-state index contributed by atoms with van der Waals surface area (Å²) in [5.41, 5.74) is 9.39. The lowest BCUT2D eigenvalue weighted by Crippen LogP contribution is -2.54. The molecular weight excluding hydrogens is 835 g/mol. The van der Waals surface area contributed by atoms with Crippen molar-refractivity contribution in [3.8, 4) is 28.7 Å². The molecule has 12 heteroatoms. The summed E-state index contributed by atoms with van der Waals surface area (Å²) in [4.78, 5) is 44.6. The standard InChI is InChI=1S/C51H44Cl2N4O6/c1-3-34-6-4-5-7-38(34)28-57-29-40-26-47-45(56(2)50(59)48(63-47)37-17-19-41(20-18-37)62-30-33-12-21-42(52)43(53)22-33)24-39(40)25-46(57)49(58)55-44(51(60)61)23-31-8-13-35(14-9-31)36-15-10-32(27-54)11-16-36/h4-22,24,26,44,46,48H,3,23,25,28-30H2,1-2H3,(H,55,58)(H,60,61)/t44?,46-,48-/m0/s1. The molecule has 2 aliphatic rings. The van der Waals surface area contributed by atoms with Gasteiger partial charge in [-0.15, -0.1) is 0 Å². The number of carbonyl (C=O) groups is 3. The highest BCUT2D eigenvalue weighted by Crippen LogP contribution is 2.42. The number of nitriles is 1. The number of nitrogens with one attached hydrogen (secondary N) is 1. The number of carboxylic acids is 1. The predicted molar refractivity (Wildman–Crippen MR) is 243 cm³/mol. The quantitative estimate of drug-likeness (QED) is 0.117. The number of benzene rings is 6. The summed E-state index contributed by atoms with van der Waals surface area (Å²) >= 11 is 12.2. The molecule has 0 saturated carbocycles. The largest absolute Gasteiger partial charge is 0.489 e. The van der Waals surface area contributed by atoms with Gasteiger partial charge in [-0.1, -0.05) is 109 Å². The lowest BCUT2D eigenvalue weighted by molar-refractivity contribution is -0.142. The molecule has 0 aliphatic carbocycles. The highest BCUT2D eigenvalue weighted by molar-refractivity contribution is 6.42. The second-order valence-electron chi connectivity index (χ2n) is 15.8. The summed E-state index contributed by atoms with van der Waals surface area (Å²) in [5, 5.41) is 23.3. The van der Waals surface area contributed by atoms with Crippen LogP contribution in [0.3, 0.4) is 0 Å². The number of carbonyl (C=O) groups excluding carboxylic acids is 2. The second-order valence-corrected chi connectivity index (χ2v) is 16.6. The van der Waals surface area contributed by atoms with E-state index in [1.54, 1.807) is 48.3 Å². The SMILES string of the molecule is CCc1ccccc1CN1Cc2cc3c(cc2C[C@H]1C(=O)NC(Cc1ccc(-c2ccc(C#N)cc2)cc1)C(=O)O)N(C)C(=O)[C@H](c1ccc(OCc2ccc(Cl)c(Cl)c2)cc1)O3. The van der Waals surface area contributed by atoms with Gasteiger partial charge in [-0.3, -0.25) is 14.5 Å². The average Bonchev–Trinajstić information content (AvgIpc) is 3.30. The molecule has 0 radical (unpaired) electrons. The Balaban J connectivity index is 1.01. The van der Waals surface area contributed by atoms with Gasteiger partial charge in [0.2, 0.25) is 12.0 Å². The third-order valence-electron chi connectivity index (χ3n) is 11.8. The second kappa shape index (κ2) is 18.8. The van der Waals surface area contributed by atoms with E-state index in [2.05, 4.69) is 35.3 Å². The Morgan fingerprint density at radius 3 is 2.22 bits per heavy atom. The van der Waals surface area contributed by atoms with E-state index in [0.29, 0.717) is 57.9 Å². The number of fused-ring (bicyclic) bond motifs is 2. The van der Waals surface area contributed by atoms with Crippen LogP contribution < -0.4 is 19.7 Å². The molecule has 2 amide bonds. The van der Waals surface area contributed by atoms with Crippen molar-refractivity contribution in [3.05, 3.63) is 182 Å². The van der Waals surface area contributed by atoms with E-state index >= 15 is 0 Å². The van der Waals surface area contributed by atoms with Crippen LogP contribution in [0.15, 0.2) is 127 Å². The van der Waals surface area contributed by atoms with Crippen LogP contribution in [-0.4, -0.2) is 46.9 Å². The number of carboxylic acid groups (broad SMARTS) is 1. The van der Waals surface area contributed by atoms with Crippen LogP contribution in [0.4, 0.5) is 5.69 Å². The molecule has 8 rings (SSSR count). The molecule has 318 valence electrons. The van der Waals surface area contributed by atoms with Crippen molar-refractivity contribution in [2.75, 3.05) is 11.9 Å². The number of halogens is 2. The van der Waals surface area contributed by atoms with Crippen molar-refractivity contribution in [2.24, 2.45) is 0 Å². The van der Waals surface area contributed by atoms with Gasteiger partial charge in [0.15, 0.2) is 0 Å². The number of amides is 2. The molecule has 6 aromatic rings. The molecule has 6 aromatic carbocycles. The normalized spacial score (nSPS) is 16.2. The Hall–Kier alpha value is -6.64. The monoisotopic (exact) mass is 878 g/mol. The first-order valence-corrected chi connectivity index (χ1v) is 21.4. The lowest BCUT2D eigenvalue weighted by Gasteiger charge is -2.39. The molecule has 2 heterocycles. The molecule has 63 heavy (non-hydrogen) atoms. The van der Waals surface area contributed by atoms with Gasteiger partial charge in [0.05, 0.1) is 33.4 Å². The molecule has 0 fully saturated rings. The number of nitrogens with zero attached hydrogens (tertiary/aromatic N) is 3. The van der Waals surface area contributed by atoms with Crippen LogP contribution in [0.2, 0.25) is 10.0 Å². The van der Waals surface area contributed by atoms with E-state index in [1.807, 2.05) is 78.9 Å². The van der Waals surface area contributed by atoms with Crippen molar-refractivity contribution in [1.82, 2.24) is 10.2 Å². The highest BCUT2D eigenvalue weighted by atomic mass is 35.5. The van der Waals surface area contributed by atoms with E-state index in [9.17, 15) is 19.5 Å². The average molecular weight is 880 g/mol. The Bertz CT molecular complexity index is 2720. The Morgan fingerprint density at radius 1 is 0.873 bits per heavy atom. The maximum Gasteiger partial charge on any atom is 0.326 e. The molecule has 3 atom stereocenters. The summed E-state index contributed by atoms with van der Waals surface area (Å²) in [5.74, 6) is -0.606. The zero-order valence-corrected chi connectivity index (χ0v) is 36.2. The number of ether oxygens (including phenoxy) is 2. The molecule has 10 nitrogen and oxygen atoms in total. The van der Waals surface area contributed by atoms with Crippen LogP contribution in [0.5, 0.6) is 11.5 Å². The van der Waals surface area contributed by atoms with Crippen molar-refractivity contribution >= 4 is 46.7 Å². The number of rotatable bonds is 13. The van der Waals surface area contributed by atoms with Crippen LogP contribution in [0.25, 0.3) is 11.1 Å². The summed E-state index contributed by atoms with van der Waals surface area (Å²) in [6.45, 7) is 3.24. The molecule has 0 saturated heterocycles. The van der Waals surface area contributed by atoms with E-state index in [-0.39, 0.29) is 24.8 Å². The van der Waals surface area contributed by atoms with Gasteiger partial charge < -0.3 is 24.8 Å². The van der Waals surface area contributed by atoms with Crippen LogP contribution in [-0.2, 0) is 53.3 Å². The lowest BCUT2D eigenvalue weighted by atomic mass is 9.90. The third kappa shape index (κ3) is 9.57. The van der Waals surface area contributed by atoms with E-state index in [1.165, 1.54) is 0 Å². The number of aryl methyl sites for hydroxylation is 1. The number of hydrogen-bond acceptors (Lipinski definition) is 7. The topological polar surface area (TPSA) is 132 Å². The van der Waals surface area contributed by atoms with Crippen molar-refractivity contribution in [3.63, 3.8) is 0 Å². The number of anilines is 1. The third-order valence-corrected chi connectivity index (χ3v) is 12.5. The summed E-state index contributed by atoms with van der Waals surface area (Å²) in [7, 11) is 1.72. The Labute approximate surface area is 376 Å². The molecule has 2 N–H and O–H groups in total. The summed E-state index contributed by atoms with van der Waals surface area (Å²) in [6, 6.07) is 39.6. The van der Waals surface area contributed by atoms with E-state index in [0.717, 1.165) is 50.9 Å². The fourth-order valence-electron chi connectivity index (χ4n) is 8.21. The maximum atomic E-state index is 14.4. The van der Waals surface area contributed by atoms with Gasteiger partial charge in [0.25, 0.3) is 5.91 Å². The van der Waals surface area contributed by atoms with Gasteiger partial charge >= 0.3 is 5.97 Å². The van der Waals surface area contributed by atoms with Crippen LogP contribution in [0, 0.1) is 11.3 Å². The van der Waals surface area contributed by atoms with Crippen molar-refractivity contribution < 1.29 is 29.0 Å². The smallest absolute Gasteiger partial charge is 0.326 e. The van der Waals surface area contributed by atoms with Gasteiger partial charge in [0.1, 0.15) is 24.1 Å². The van der Waals surface area contributed by atoms with E-state index in [4.69, 9.17) is 37.9 Å². The number of aliphatic carboxylic acids is 1. The van der Waals surface area contributed by atoms with Crippen LogP contribution in [0.1, 0.15) is 57.5 Å². The Kier molecular flexibility index (Phi) is 12.8. The first-order valence-electron chi connectivity index (χ1n) is 20.7. The predicted octanol–water partition coefficient (Wildman–Crippen LogP) is 9.51. The fourth-order valence-corrected chi connectivity index (χ4v) is 8.53. The van der Waals surface area contributed by atoms with E-state index < -0.39 is 24.2 Å². The minimum atomic E-state index is -1.18.